The Labute approximate surface area is 161 Å². The molecule has 7 heteroatoms. The molecule has 2 heterocycles. The first-order valence-electron chi connectivity index (χ1n) is 8.58. The molecule has 2 amide bonds. The quantitative estimate of drug-likeness (QED) is 0.680. The molecule has 1 N–H and O–H groups in total. The molecule has 2 aromatic heterocycles. The maximum atomic E-state index is 13.0. The molecule has 1 atom stereocenters. The molecular formula is C20H21N3O3S. The minimum absolute atomic E-state index is 0.176. The van der Waals surface area contributed by atoms with Gasteiger partial charge < -0.3 is 14.7 Å². The molecule has 1 aromatic carbocycles. The van der Waals surface area contributed by atoms with Gasteiger partial charge in [-0.05, 0) is 23.9 Å². The van der Waals surface area contributed by atoms with Crippen LogP contribution in [0.3, 0.4) is 0 Å². The molecule has 0 aliphatic carbocycles. The smallest absolute Gasteiger partial charge is 0.262 e. The van der Waals surface area contributed by atoms with Gasteiger partial charge in [0.05, 0.1) is 11.4 Å². The van der Waals surface area contributed by atoms with Crippen LogP contribution in [-0.2, 0) is 17.8 Å². The van der Waals surface area contributed by atoms with E-state index in [2.05, 4.69) is 10.5 Å². The lowest BCUT2D eigenvalue weighted by atomic mass is 10.0. The number of rotatable bonds is 7. The standard InChI is InChI=1S/C20H21N3O3S/c1-14-11-16(22-26-14)13-23(2)20(25)17(12-15-7-4-3-5-8-15)21-19(24)18-9-6-10-27-18/h3-11,17H,12-13H2,1-2H3,(H,21,24). The largest absolute Gasteiger partial charge is 0.361 e. The fourth-order valence-corrected chi connectivity index (χ4v) is 3.39. The Morgan fingerprint density at radius 3 is 2.63 bits per heavy atom. The number of amides is 2. The fraction of sp³-hybridized carbons (Fsp3) is 0.250. The van der Waals surface area contributed by atoms with Crippen LogP contribution >= 0.6 is 11.3 Å². The van der Waals surface area contributed by atoms with Crippen LogP contribution in [0, 0.1) is 6.92 Å². The van der Waals surface area contributed by atoms with E-state index in [4.69, 9.17) is 4.52 Å². The number of benzene rings is 1. The van der Waals surface area contributed by atoms with E-state index in [1.807, 2.05) is 41.8 Å². The van der Waals surface area contributed by atoms with Gasteiger partial charge in [-0.2, -0.15) is 0 Å². The summed E-state index contributed by atoms with van der Waals surface area (Å²) in [6.45, 7) is 2.12. The number of likely N-dealkylation sites (N-methyl/N-ethyl adjacent to an activating group) is 1. The molecule has 1 unspecified atom stereocenters. The maximum Gasteiger partial charge on any atom is 0.262 e. The number of carbonyl (C=O) groups is 2. The topological polar surface area (TPSA) is 75.4 Å². The van der Waals surface area contributed by atoms with Crippen LogP contribution in [0.5, 0.6) is 0 Å². The molecule has 0 radical (unpaired) electrons. The molecule has 0 saturated carbocycles. The number of hydrogen-bond acceptors (Lipinski definition) is 5. The summed E-state index contributed by atoms with van der Waals surface area (Å²) in [6, 6.07) is 14.3. The fourth-order valence-electron chi connectivity index (χ4n) is 2.77. The normalized spacial score (nSPS) is 11.8. The maximum absolute atomic E-state index is 13.0. The van der Waals surface area contributed by atoms with E-state index in [1.165, 1.54) is 11.3 Å². The van der Waals surface area contributed by atoms with Gasteiger partial charge in [-0.3, -0.25) is 9.59 Å². The van der Waals surface area contributed by atoms with E-state index in [1.54, 1.807) is 31.0 Å². The molecule has 6 nitrogen and oxygen atoms in total. The van der Waals surface area contributed by atoms with Gasteiger partial charge in [0.15, 0.2) is 0 Å². The molecule has 0 bridgehead atoms. The number of thiophene rings is 1. The summed E-state index contributed by atoms with van der Waals surface area (Å²) in [5.74, 6) is 0.270. The first-order chi connectivity index (χ1) is 13.0. The van der Waals surface area contributed by atoms with E-state index >= 15 is 0 Å². The molecule has 0 saturated heterocycles. The van der Waals surface area contributed by atoms with Crippen LogP contribution in [0.25, 0.3) is 0 Å². The summed E-state index contributed by atoms with van der Waals surface area (Å²) in [5, 5.41) is 8.64. The predicted molar refractivity (Wildman–Crippen MR) is 103 cm³/mol. The third kappa shape index (κ3) is 5.04. The zero-order valence-corrected chi connectivity index (χ0v) is 16.0. The molecule has 0 fully saturated rings. The molecule has 27 heavy (non-hydrogen) atoms. The van der Waals surface area contributed by atoms with Gasteiger partial charge in [0.25, 0.3) is 5.91 Å². The second kappa shape index (κ2) is 8.64. The lowest BCUT2D eigenvalue weighted by Gasteiger charge is -2.24. The number of nitrogens with zero attached hydrogens (tertiary/aromatic N) is 2. The Balaban J connectivity index is 1.74. The van der Waals surface area contributed by atoms with Gasteiger partial charge in [-0.1, -0.05) is 41.6 Å². The summed E-state index contributed by atoms with van der Waals surface area (Å²) in [7, 11) is 1.70. The second-order valence-electron chi connectivity index (χ2n) is 6.32. The number of hydrogen-bond donors (Lipinski definition) is 1. The van der Waals surface area contributed by atoms with Crippen molar-refractivity contribution in [1.29, 1.82) is 0 Å². The minimum atomic E-state index is -0.667. The Kier molecular flexibility index (Phi) is 6.03. The lowest BCUT2D eigenvalue weighted by Crippen LogP contribution is -2.48. The Morgan fingerprint density at radius 1 is 1.22 bits per heavy atom. The predicted octanol–water partition coefficient (Wildman–Crippen LogP) is 3.04. The van der Waals surface area contributed by atoms with Gasteiger partial charge in [-0.25, -0.2) is 0 Å². The van der Waals surface area contributed by atoms with Gasteiger partial charge in [0, 0.05) is 19.5 Å². The summed E-state index contributed by atoms with van der Waals surface area (Å²) in [6.07, 6.45) is 0.416. The molecule has 0 aliphatic rings. The summed E-state index contributed by atoms with van der Waals surface area (Å²) >= 11 is 1.35. The highest BCUT2D eigenvalue weighted by atomic mass is 32.1. The monoisotopic (exact) mass is 383 g/mol. The number of aryl methyl sites for hydroxylation is 1. The second-order valence-corrected chi connectivity index (χ2v) is 7.26. The highest BCUT2D eigenvalue weighted by Gasteiger charge is 2.25. The van der Waals surface area contributed by atoms with Crippen molar-refractivity contribution in [1.82, 2.24) is 15.4 Å². The summed E-state index contributed by atoms with van der Waals surface area (Å²) < 4.78 is 5.06. The van der Waals surface area contributed by atoms with Crippen LogP contribution in [0.2, 0.25) is 0 Å². The van der Waals surface area contributed by atoms with Crippen molar-refractivity contribution >= 4 is 23.2 Å². The van der Waals surface area contributed by atoms with Crippen molar-refractivity contribution in [2.24, 2.45) is 0 Å². The van der Waals surface area contributed by atoms with Crippen molar-refractivity contribution in [2.45, 2.75) is 25.9 Å². The molecule has 3 aromatic rings. The van der Waals surface area contributed by atoms with Gasteiger partial charge >= 0.3 is 0 Å². The number of aromatic nitrogens is 1. The van der Waals surface area contributed by atoms with E-state index in [-0.39, 0.29) is 11.8 Å². The van der Waals surface area contributed by atoms with Crippen LogP contribution in [0.15, 0.2) is 58.4 Å². The van der Waals surface area contributed by atoms with E-state index in [0.29, 0.717) is 29.3 Å². The molecule has 3 rings (SSSR count). The third-order valence-corrected chi connectivity index (χ3v) is 4.95. The van der Waals surface area contributed by atoms with E-state index in [0.717, 1.165) is 5.56 Å². The first kappa shape index (κ1) is 18.8. The van der Waals surface area contributed by atoms with Gasteiger partial charge in [0.2, 0.25) is 5.91 Å². The van der Waals surface area contributed by atoms with Crippen molar-refractivity contribution in [3.63, 3.8) is 0 Å². The van der Waals surface area contributed by atoms with Crippen molar-refractivity contribution in [3.8, 4) is 0 Å². The molecule has 0 spiro atoms. The van der Waals surface area contributed by atoms with Crippen LogP contribution in [-0.4, -0.2) is 35.0 Å². The van der Waals surface area contributed by atoms with Gasteiger partial charge in [-0.15, -0.1) is 11.3 Å². The SMILES string of the molecule is Cc1cc(CN(C)C(=O)C(Cc2ccccc2)NC(=O)c2cccs2)no1. The Bertz CT molecular complexity index is 890. The Morgan fingerprint density at radius 2 is 2.00 bits per heavy atom. The van der Waals surface area contributed by atoms with Crippen molar-refractivity contribution in [2.75, 3.05) is 7.05 Å². The lowest BCUT2D eigenvalue weighted by molar-refractivity contribution is -0.132. The molecule has 140 valence electrons. The third-order valence-electron chi connectivity index (χ3n) is 4.08. The van der Waals surface area contributed by atoms with Crippen LogP contribution < -0.4 is 5.32 Å². The summed E-state index contributed by atoms with van der Waals surface area (Å²) in [4.78, 5) is 27.7. The number of nitrogens with one attached hydrogen (secondary N) is 1. The zero-order valence-electron chi connectivity index (χ0n) is 15.2. The van der Waals surface area contributed by atoms with Crippen LogP contribution in [0.4, 0.5) is 0 Å². The van der Waals surface area contributed by atoms with Gasteiger partial charge in [0.1, 0.15) is 17.5 Å². The van der Waals surface area contributed by atoms with E-state index < -0.39 is 6.04 Å². The average molecular weight is 383 g/mol. The van der Waals surface area contributed by atoms with E-state index in [9.17, 15) is 9.59 Å². The van der Waals surface area contributed by atoms with Crippen molar-refractivity contribution < 1.29 is 14.1 Å². The molecular weight excluding hydrogens is 362 g/mol. The highest BCUT2D eigenvalue weighted by molar-refractivity contribution is 7.12. The summed E-state index contributed by atoms with van der Waals surface area (Å²) in [5.41, 5.74) is 1.65. The highest BCUT2D eigenvalue weighted by Crippen LogP contribution is 2.12. The zero-order chi connectivity index (χ0) is 19.2. The first-order valence-corrected chi connectivity index (χ1v) is 9.46. The minimum Gasteiger partial charge on any atom is -0.361 e. The average Bonchev–Trinajstić information content (AvgIpc) is 3.33. The Hall–Kier alpha value is -2.93. The molecule has 0 aliphatic heterocycles. The number of carbonyl (C=O) groups excluding carboxylic acids is 2. The van der Waals surface area contributed by atoms with Crippen LogP contribution in [0.1, 0.15) is 26.7 Å². The van der Waals surface area contributed by atoms with Crippen molar-refractivity contribution in [3.05, 3.63) is 75.8 Å².